The Morgan fingerprint density at radius 3 is 2.55 bits per heavy atom. The van der Waals surface area contributed by atoms with E-state index in [9.17, 15) is 27.6 Å². The number of hydrogen-bond donors (Lipinski definition) is 2. The van der Waals surface area contributed by atoms with E-state index in [1.807, 2.05) is 0 Å². The highest BCUT2D eigenvalue weighted by atomic mass is 32.1. The minimum atomic E-state index is -4.65. The van der Waals surface area contributed by atoms with Crippen LogP contribution < -0.4 is 16.6 Å². The molecule has 0 aliphatic carbocycles. The van der Waals surface area contributed by atoms with Gasteiger partial charge in [-0.2, -0.15) is 13.2 Å². The molecule has 7 nitrogen and oxygen atoms in total. The lowest BCUT2D eigenvalue weighted by Gasteiger charge is -2.17. The molecule has 29 heavy (non-hydrogen) atoms. The predicted octanol–water partition coefficient (Wildman–Crippen LogP) is 3.08. The van der Waals surface area contributed by atoms with Crippen molar-refractivity contribution in [2.24, 2.45) is 5.73 Å². The van der Waals surface area contributed by atoms with Crippen LogP contribution in [0.4, 0.5) is 18.9 Å². The Bertz CT molecular complexity index is 1180. The summed E-state index contributed by atoms with van der Waals surface area (Å²) in [6, 6.07) is 3.38. The topological polar surface area (TPSA) is 107 Å². The number of hydrogen-bond acceptors (Lipinski definition) is 5. The fourth-order valence-electron chi connectivity index (χ4n) is 2.85. The van der Waals surface area contributed by atoms with Crippen LogP contribution in [0.25, 0.3) is 10.2 Å². The Balaban J connectivity index is 1.98. The van der Waals surface area contributed by atoms with Gasteiger partial charge in [-0.15, -0.1) is 11.3 Å². The van der Waals surface area contributed by atoms with Gasteiger partial charge in [-0.05, 0) is 31.5 Å². The largest absolute Gasteiger partial charge is 0.418 e. The molecular weight excluding hydrogens is 409 g/mol. The lowest BCUT2D eigenvalue weighted by atomic mass is 10.1. The van der Waals surface area contributed by atoms with Crippen LogP contribution in [-0.2, 0) is 11.0 Å². The van der Waals surface area contributed by atoms with E-state index in [2.05, 4.69) is 10.3 Å². The quantitative estimate of drug-likeness (QED) is 0.671. The monoisotopic (exact) mass is 424 g/mol. The SMILES string of the molecule is Cc1c(C(N)=O)sc2ncn(C(C)C(=O)Nc3ccccc3C(F)(F)F)c(=O)c12. The standard InChI is InChI=1S/C18H15F3N4O3S/c1-8-12-16(29-13(8)14(22)26)23-7-25(17(12)28)9(2)15(27)24-11-6-4-3-5-10(11)18(19,20)21/h3-7,9H,1-2H3,(H2,22,26)(H,24,27). The number of alkyl halides is 3. The highest BCUT2D eigenvalue weighted by molar-refractivity contribution is 7.20. The number of aromatic nitrogens is 2. The molecule has 11 heteroatoms. The average Bonchev–Trinajstić information content (AvgIpc) is 2.99. The molecule has 2 amide bonds. The molecule has 3 rings (SSSR count). The van der Waals surface area contributed by atoms with E-state index in [-0.39, 0.29) is 15.1 Å². The van der Waals surface area contributed by atoms with Crippen LogP contribution in [0.2, 0.25) is 0 Å². The molecule has 0 saturated heterocycles. The van der Waals surface area contributed by atoms with Crippen molar-refractivity contribution in [3.63, 3.8) is 0 Å². The molecule has 1 unspecified atom stereocenters. The van der Waals surface area contributed by atoms with E-state index in [1.165, 1.54) is 26.0 Å². The Labute approximate surface area is 166 Å². The van der Waals surface area contributed by atoms with Crippen molar-refractivity contribution in [2.75, 3.05) is 5.32 Å². The number of para-hydroxylation sites is 1. The summed E-state index contributed by atoms with van der Waals surface area (Å²) in [7, 11) is 0. The number of halogens is 3. The van der Waals surface area contributed by atoms with Gasteiger partial charge in [0, 0.05) is 0 Å². The lowest BCUT2D eigenvalue weighted by Crippen LogP contribution is -2.32. The number of fused-ring (bicyclic) bond motifs is 1. The van der Waals surface area contributed by atoms with E-state index in [4.69, 9.17) is 5.73 Å². The molecule has 3 aromatic rings. The molecule has 2 heterocycles. The number of anilines is 1. The van der Waals surface area contributed by atoms with Gasteiger partial charge in [0.1, 0.15) is 10.9 Å². The summed E-state index contributed by atoms with van der Waals surface area (Å²) >= 11 is 0.958. The number of carbonyl (C=O) groups is 2. The highest BCUT2D eigenvalue weighted by Crippen LogP contribution is 2.35. The Morgan fingerprint density at radius 2 is 1.93 bits per heavy atom. The number of benzene rings is 1. The van der Waals surface area contributed by atoms with E-state index in [0.29, 0.717) is 5.56 Å². The fraction of sp³-hybridized carbons (Fsp3) is 0.222. The molecule has 0 saturated carbocycles. The highest BCUT2D eigenvalue weighted by Gasteiger charge is 2.34. The molecule has 2 aromatic heterocycles. The van der Waals surface area contributed by atoms with Gasteiger partial charge in [0.05, 0.1) is 27.8 Å². The predicted molar refractivity (Wildman–Crippen MR) is 102 cm³/mol. The first-order valence-corrected chi connectivity index (χ1v) is 9.11. The Kier molecular flexibility index (Phi) is 5.18. The number of amides is 2. The summed E-state index contributed by atoms with van der Waals surface area (Å²) < 4.78 is 40.4. The second kappa shape index (κ2) is 7.32. The fourth-order valence-corrected chi connectivity index (χ4v) is 3.84. The van der Waals surface area contributed by atoms with Crippen molar-refractivity contribution in [1.82, 2.24) is 9.55 Å². The van der Waals surface area contributed by atoms with Crippen LogP contribution in [0.3, 0.4) is 0 Å². The zero-order chi connectivity index (χ0) is 21.5. The van der Waals surface area contributed by atoms with E-state index >= 15 is 0 Å². The summed E-state index contributed by atoms with van der Waals surface area (Å²) in [5, 5.41) is 2.35. The van der Waals surface area contributed by atoms with Gasteiger partial charge in [0.2, 0.25) is 5.91 Å². The van der Waals surface area contributed by atoms with Gasteiger partial charge < -0.3 is 11.1 Å². The number of nitrogens with zero attached hydrogens (tertiary/aromatic N) is 2. The smallest absolute Gasteiger partial charge is 0.365 e. The van der Waals surface area contributed by atoms with Gasteiger partial charge in [-0.1, -0.05) is 12.1 Å². The maximum absolute atomic E-state index is 13.1. The second-order valence-corrected chi connectivity index (χ2v) is 7.27. The third kappa shape index (κ3) is 3.73. The molecule has 0 radical (unpaired) electrons. The van der Waals surface area contributed by atoms with E-state index < -0.39 is 40.8 Å². The first kappa shape index (κ1) is 20.5. The number of nitrogens with two attached hydrogens (primary N) is 1. The number of aryl methyl sites for hydroxylation is 1. The maximum Gasteiger partial charge on any atom is 0.418 e. The zero-order valence-corrected chi connectivity index (χ0v) is 16.0. The van der Waals surface area contributed by atoms with Crippen LogP contribution >= 0.6 is 11.3 Å². The van der Waals surface area contributed by atoms with Crippen molar-refractivity contribution < 1.29 is 22.8 Å². The Hall–Kier alpha value is -3.21. The summed E-state index contributed by atoms with van der Waals surface area (Å²) in [6.07, 6.45) is -3.53. The van der Waals surface area contributed by atoms with Crippen molar-refractivity contribution in [3.8, 4) is 0 Å². The first-order chi connectivity index (χ1) is 13.5. The second-order valence-electron chi connectivity index (χ2n) is 6.27. The van der Waals surface area contributed by atoms with Gasteiger partial charge in [0.15, 0.2) is 0 Å². The normalized spacial score (nSPS) is 12.7. The number of nitrogens with one attached hydrogen (secondary N) is 1. The van der Waals surface area contributed by atoms with Crippen LogP contribution in [0.1, 0.15) is 33.8 Å². The summed E-state index contributed by atoms with van der Waals surface area (Å²) in [5.41, 5.74) is 3.63. The minimum Gasteiger partial charge on any atom is -0.365 e. The van der Waals surface area contributed by atoms with E-state index in [1.54, 1.807) is 0 Å². The molecular formula is C18H15F3N4O3S. The van der Waals surface area contributed by atoms with Gasteiger partial charge in [0.25, 0.3) is 11.5 Å². The van der Waals surface area contributed by atoms with Gasteiger partial charge in [-0.25, -0.2) is 4.98 Å². The third-order valence-corrected chi connectivity index (χ3v) is 5.60. The molecule has 3 N–H and O–H groups in total. The van der Waals surface area contributed by atoms with Crippen LogP contribution in [0.5, 0.6) is 0 Å². The van der Waals surface area contributed by atoms with Gasteiger partial charge in [-0.3, -0.25) is 19.0 Å². The van der Waals surface area contributed by atoms with Crippen molar-refractivity contribution in [1.29, 1.82) is 0 Å². The number of thiophene rings is 1. The van der Waals surface area contributed by atoms with Crippen LogP contribution in [0.15, 0.2) is 35.4 Å². The summed E-state index contributed by atoms with van der Waals surface area (Å²) in [5.74, 6) is -1.53. The third-order valence-electron chi connectivity index (χ3n) is 4.39. The molecule has 0 spiro atoms. The average molecular weight is 424 g/mol. The molecule has 152 valence electrons. The maximum atomic E-state index is 13.1. The van der Waals surface area contributed by atoms with Crippen LogP contribution in [-0.4, -0.2) is 21.4 Å². The first-order valence-electron chi connectivity index (χ1n) is 8.29. The van der Waals surface area contributed by atoms with Gasteiger partial charge >= 0.3 is 6.18 Å². The minimum absolute atomic E-state index is 0.140. The Morgan fingerprint density at radius 1 is 1.28 bits per heavy atom. The van der Waals surface area contributed by atoms with Crippen LogP contribution in [0, 0.1) is 6.92 Å². The number of carbonyl (C=O) groups excluding carboxylic acids is 2. The molecule has 0 bridgehead atoms. The number of primary amides is 1. The molecule has 1 aromatic carbocycles. The lowest BCUT2D eigenvalue weighted by molar-refractivity contribution is -0.137. The molecule has 1 atom stereocenters. The van der Waals surface area contributed by atoms with E-state index in [0.717, 1.165) is 34.4 Å². The molecule has 0 aliphatic heterocycles. The zero-order valence-electron chi connectivity index (χ0n) is 15.2. The summed E-state index contributed by atoms with van der Waals surface area (Å²) in [4.78, 5) is 41.4. The molecule has 0 fully saturated rings. The van der Waals surface area contributed by atoms with Crippen molar-refractivity contribution in [3.05, 3.63) is 57.0 Å². The van der Waals surface area contributed by atoms with Crippen molar-refractivity contribution >= 4 is 39.1 Å². The number of rotatable bonds is 4. The summed E-state index contributed by atoms with van der Waals surface area (Å²) in [6.45, 7) is 2.90. The van der Waals surface area contributed by atoms with Crippen molar-refractivity contribution in [2.45, 2.75) is 26.1 Å². The molecule has 0 aliphatic rings.